The third-order valence-electron chi connectivity index (χ3n) is 3.30. The number of halogens is 4. The average Bonchev–Trinajstić information content (AvgIpc) is 2.58. The average molecular weight is 303 g/mol. The van der Waals surface area contributed by atoms with E-state index >= 15 is 0 Å². The topological polar surface area (TPSA) is 37.4 Å². The maximum atomic E-state index is 13.9. The summed E-state index contributed by atoms with van der Waals surface area (Å²) in [7, 11) is 0. The van der Waals surface area contributed by atoms with Crippen LogP contribution in [0.3, 0.4) is 0 Å². The molecule has 1 aliphatic heterocycles. The fraction of sp³-hybridized carbons (Fsp3) is 0.429. The van der Waals surface area contributed by atoms with Gasteiger partial charge in [0, 0.05) is 6.54 Å². The molecule has 1 atom stereocenters. The van der Waals surface area contributed by atoms with Gasteiger partial charge in [-0.1, -0.05) is 12.1 Å². The van der Waals surface area contributed by atoms with Gasteiger partial charge < -0.3 is 0 Å². The Morgan fingerprint density at radius 2 is 1.48 bits per heavy atom. The van der Waals surface area contributed by atoms with Gasteiger partial charge in [-0.3, -0.25) is 14.5 Å². The molecule has 1 aliphatic rings. The van der Waals surface area contributed by atoms with Gasteiger partial charge >= 0.3 is 6.18 Å². The zero-order chi connectivity index (χ0) is 15.8. The molecule has 0 N–H and O–H groups in total. The smallest absolute Gasteiger partial charge is 0.274 e. The first-order valence-corrected chi connectivity index (χ1v) is 6.32. The van der Waals surface area contributed by atoms with Crippen LogP contribution in [0.4, 0.5) is 17.6 Å². The molecule has 0 saturated carbocycles. The molecular formula is C14H13F4NO2. The van der Waals surface area contributed by atoms with E-state index in [1.165, 1.54) is 12.1 Å². The first-order valence-electron chi connectivity index (χ1n) is 6.32. The van der Waals surface area contributed by atoms with Crippen molar-refractivity contribution in [2.45, 2.75) is 31.6 Å². The number of carbonyl (C=O) groups is 2. The second-order valence-electron chi connectivity index (χ2n) is 5.26. The van der Waals surface area contributed by atoms with Crippen LogP contribution < -0.4 is 0 Å². The van der Waals surface area contributed by atoms with Crippen LogP contribution in [0.5, 0.6) is 0 Å². The number of rotatable bonds is 4. The lowest BCUT2D eigenvalue weighted by Crippen LogP contribution is -2.36. The molecule has 21 heavy (non-hydrogen) atoms. The molecule has 1 aromatic carbocycles. The van der Waals surface area contributed by atoms with E-state index in [1.807, 2.05) is 0 Å². The zero-order valence-corrected chi connectivity index (χ0v) is 11.2. The van der Waals surface area contributed by atoms with Gasteiger partial charge in [-0.25, -0.2) is 4.39 Å². The van der Waals surface area contributed by atoms with Crippen molar-refractivity contribution in [3.8, 4) is 0 Å². The third-order valence-corrected chi connectivity index (χ3v) is 3.30. The van der Waals surface area contributed by atoms with Gasteiger partial charge in [0.15, 0.2) is 0 Å². The van der Waals surface area contributed by atoms with E-state index in [2.05, 4.69) is 0 Å². The summed E-state index contributed by atoms with van der Waals surface area (Å²) in [5.74, 6) is -1.20. The molecule has 0 saturated heterocycles. The summed E-state index contributed by atoms with van der Waals surface area (Å²) in [6.07, 6.45) is -6.80. The molecule has 2 rings (SSSR count). The van der Waals surface area contributed by atoms with Crippen molar-refractivity contribution < 1.29 is 27.2 Å². The minimum Gasteiger partial charge on any atom is -0.274 e. The van der Waals surface area contributed by atoms with Crippen LogP contribution in [0.15, 0.2) is 24.3 Å². The fourth-order valence-electron chi connectivity index (χ4n) is 2.29. The molecule has 114 valence electrons. The highest BCUT2D eigenvalue weighted by molar-refractivity contribution is 6.21. The molecule has 7 heteroatoms. The predicted octanol–water partition coefficient (Wildman–Crippen LogP) is 3.35. The predicted molar refractivity (Wildman–Crippen MR) is 66.6 cm³/mol. The fourth-order valence-corrected chi connectivity index (χ4v) is 2.29. The standard InChI is InChI=1S/C14H13F4NO2/c1-13(15,8-14(16,17)18)6-7-19-11(20)9-4-2-3-5-10(9)12(19)21/h2-5H,6-8H2,1H3. The summed E-state index contributed by atoms with van der Waals surface area (Å²) in [5.41, 5.74) is -2.13. The lowest BCUT2D eigenvalue weighted by Gasteiger charge is -2.24. The normalized spacial score (nSPS) is 17.9. The summed E-state index contributed by atoms with van der Waals surface area (Å²) in [6, 6.07) is 6.08. The van der Waals surface area contributed by atoms with Crippen LogP contribution in [0, 0.1) is 0 Å². The summed E-state index contributed by atoms with van der Waals surface area (Å²) in [4.78, 5) is 24.7. The maximum Gasteiger partial charge on any atom is 0.392 e. The Bertz CT molecular complexity index is 546. The maximum absolute atomic E-state index is 13.9. The van der Waals surface area contributed by atoms with Gasteiger partial charge in [-0.15, -0.1) is 0 Å². The largest absolute Gasteiger partial charge is 0.392 e. The van der Waals surface area contributed by atoms with E-state index in [9.17, 15) is 27.2 Å². The Morgan fingerprint density at radius 3 is 1.90 bits per heavy atom. The van der Waals surface area contributed by atoms with Crippen molar-refractivity contribution in [3.05, 3.63) is 35.4 Å². The van der Waals surface area contributed by atoms with Crippen LogP contribution in [0.25, 0.3) is 0 Å². The van der Waals surface area contributed by atoms with Crippen molar-refractivity contribution in [1.82, 2.24) is 4.90 Å². The minimum absolute atomic E-state index is 0.193. The quantitative estimate of drug-likeness (QED) is 0.632. The number of carbonyl (C=O) groups excluding carboxylic acids is 2. The molecule has 2 amide bonds. The third kappa shape index (κ3) is 3.40. The number of fused-ring (bicyclic) bond motifs is 1. The molecular weight excluding hydrogens is 290 g/mol. The first kappa shape index (κ1) is 15.5. The van der Waals surface area contributed by atoms with Crippen LogP contribution in [0.2, 0.25) is 0 Å². The van der Waals surface area contributed by atoms with Crippen molar-refractivity contribution >= 4 is 11.8 Å². The molecule has 0 aliphatic carbocycles. The molecule has 0 aromatic heterocycles. The first-order chi connectivity index (χ1) is 9.61. The van der Waals surface area contributed by atoms with E-state index in [0.717, 1.165) is 11.8 Å². The summed E-state index contributed by atoms with van der Waals surface area (Å²) >= 11 is 0. The minimum atomic E-state index is -4.63. The zero-order valence-electron chi connectivity index (χ0n) is 11.2. The SMILES string of the molecule is CC(F)(CCN1C(=O)c2ccccc2C1=O)CC(F)(F)F. The van der Waals surface area contributed by atoms with E-state index in [0.29, 0.717) is 0 Å². The number of hydrogen-bond donors (Lipinski definition) is 0. The number of imide groups is 1. The lowest BCUT2D eigenvalue weighted by molar-refractivity contribution is -0.160. The van der Waals surface area contributed by atoms with Gasteiger partial charge in [0.05, 0.1) is 17.5 Å². The molecule has 0 spiro atoms. The van der Waals surface area contributed by atoms with Gasteiger partial charge in [-0.2, -0.15) is 13.2 Å². The summed E-state index contributed by atoms with van der Waals surface area (Å²) in [5, 5.41) is 0. The Kier molecular flexibility index (Phi) is 3.78. The van der Waals surface area contributed by atoms with Gasteiger partial charge in [0.2, 0.25) is 0 Å². The molecule has 0 radical (unpaired) electrons. The van der Waals surface area contributed by atoms with Crippen LogP contribution in [0.1, 0.15) is 40.5 Å². The lowest BCUT2D eigenvalue weighted by atomic mass is 9.99. The highest BCUT2D eigenvalue weighted by Gasteiger charge is 2.41. The van der Waals surface area contributed by atoms with Gasteiger partial charge in [0.25, 0.3) is 11.8 Å². The van der Waals surface area contributed by atoms with Crippen molar-refractivity contribution in [2.75, 3.05) is 6.54 Å². The van der Waals surface area contributed by atoms with Gasteiger partial charge in [-0.05, 0) is 25.5 Å². The van der Waals surface area contributed by atoms with E-state index in [1.54, 1.807) is 12.1 Å². The molecule has 1 unspecified atom stereocenters. The highest BCUT2D eigenvalue weighted by Crippen LogP contribution is 2.33. The molecule has 3 nitrogen and oxygen atoms in total. The molecule has 0 fully saturated rings. The Hall–Kier alpha value is -1.92. The summed E-state index contributed by atoms with van der Waals surface area (Å²) in [6.45, 7) is 0.439. The van der Waals surface area contributed by atoms with Crippen molar-refractivity contribution in [3.63, 3.8) is 0 Å². The summed E-state index contributed by atoms with van der Waals surface area (Å²) < 4.78 is 50.6. The van der Waals surface area contributed by atoms with Crippen LogP contribution >= 0.6 is 0 Å². The number of alkyl halides is 4. The Balaban J connectivity index is 2.06. The number of benzene rings is 1. The van der Waals surface area contributed by atoms with Gasteiger partial charge in [0.1, 0.15) is 5.67 Å². The number of amides is 2. The van der Waals surface area contributed by atoms with Crippen LogP contribution in [-0.4, -0.2) is 35.1 Å². The van der Waals surface area contributed by atoms with E-state index < -0.39 is 36.5 Å². The second-order valence-corrected chi connectivity index (χ2v) is 5.26. The van der Waals surface area contributed by atoms with E-state index in [-0.39, 0.29) is 17.7 Å². The van der Waals surface area contributed by atoms with Crippen LogP contribution in [-0.2, 0) is 0 Å². The Morgan fingerprint density at radius 1 is 1.00 bits per heavy atom. The van der Waals surface area contributed by atoms with Crippen molar-refractivity contribution in [1.29, 1.82) is 0 Å². The number of hydrogen-bond acceptors (Lipinski definition) is 2. The highest BCUT2D eigenvalue weighted by atomic mass is 19.4. The van der Waals surface area contributed by atoms with E-state index in [4.69, 9.17) is 0 Å². The second kappa shape index (κ2) is 5.13. The van der Waals surface area contributed by atoms with Crippen molar-refractivity contribution in [2.24, 2.45) is 0 Å². The molecule has 0 bridgehead atoms. The molecule has 1 heterocycles. The number of nitrogens with zero attached hydrogens (tertiary/aromatic N) is 1. The monoisotopic (exact) mass is 303 g/mol. The Labute approximate surface area is 118 Å². The molecule has 1 aromatic rings.